The van der Waals surface area contributed by atoms with Crippen molar-refractivity contribution in [1.82, 2.24) is 0 Å². The molecule has 1 unspecified atom stereocenters. The van der Waals surface area contributed by atoms with E-state index in [1.807, 2.05) is 0 Å². The van der Waals surface area contributed by atoms with Gasteiger partial charge in [-0.2, -0.15) is 0 Å². The number of fused-ring (bicyclic) bond motifs is 5. The molecule has 0 amide bonds. The van der Waals surface area contributed by atoms with E-state index >= 15 is 0 Å². The second-order valence-electron chi connectivity index (χ2n) is 7.55. The molecule has 0 aromatic rings. The van der Waals surface area contributed by atoms with Gasteiger partial charge in [0.05, 0.1) is 0 Å². The van der Waals surface area contributed by atoms with Gasteiger partial charge in [-0.3, -0.25) is 0 Å². The molecule has 4 rings (SSSR count). The van der Waals surface area contributed by atoms with Crippen LogP contribution in [0.25, 0.3) is 0 Å². The first-order valence-corrected chi connectivity index (χ1v) is 12.6. The van der Waals surface area contributed by atoms with Gasteiger partial charge in [-0.25, -0.2) is 0 Å². The fraction of sp³-hybridized carbons (Fsp3) is 1.00. The van der Waals surface area contributed by atoms with E-state index in [2.05, 4.69) is 0 Å². The third-order valence-electron chi connectivity index (χ3n) is 7.08. The quantitative estimate of drug-likeness (QED) is 0.588. The molecule has 0 nitrogen and oxygen atoms in total. The normalized spacial score (nSPS) is 53.2. The van der Waals surface area contributed by atoms with Crippen LogP contribution in [0.3, 0.4) is 0 Å². The Morgan fingerprint density at radius 1 is 0.529 bits per heavy atom. The summed E-state index contributed by atoms with van der Waals surface area (Å²) in [5.74, 6) is 7.30. The SMILES string of the molecule is C1CC[C@H]2C(C1)CC[C@H]1[C@@H]3[CH2][GaH][CH2][C@H]3CC[C@@H]12. The molecule has 4 fully saturated rings. The van der Waals surface area contributed by atoms with Gasteiger partial charge in [0.1, 0.15) is 0 Å². The molecule has 3 aliphatic carbocycles. The summed E-state index contributed by atoms with van der Waals surface area (Å²) in [6.07, 6.45) is 12.9. The molecular weight excluding hydrogens is 262 g/mol. The summed E-state index contributed by atoms with van der Waals surface area (Å²) in [6.45, 7) is 0. The minimum absolute atomic E-state index is 0.0182. The molecule has 17 heavy (non-hydrogen) atoms. The second-order valence-corrected chi connectivity index (χ2v) is 11.5. The summed E-state index contributed by atoms with van der Waals surface area (Å²) in [5, 5.41) is 0. The Labute approximate surface area is 114 Å². The summed E-state index contributed by atoms with van der Waals surface area (Å²) in [7, 11) is 0. The van der Waals surface area contributed by atoms with Crippen molar-refractivity contribution in [3.8, 4) is 0 Å². The first-order valence-electron chi connectivity index (χ1n) is 8.43. The van der Waals surface area contributed by atoms with Crippen LogP contribution in [-0.2, 0) is 0 Å². The topological polar surface area (TPSA) is 0 Å². The van der Waals surface area contributed by atoms with Crippen molar-refractivity contribution in [3.05, 3.63) is 0 Å². The maximum absolute atomic E-state index is 1.79. The number of hydrogen-bond acceptors (Lipinski definition) is 0. The van der Waals surface area contributed by atoms with Crippen LogP contribution < -0.4 is 0 Å². The standard InChI is InChI=1S/C16H26.Ga.H/c1-11-7-9-16-14(12(11)2)10-8-13-5-3-4-6-15(13)16;;/h11-16H,1-10H2;;/t11-,12+,13?,14-,15-,16-;;/m0../s1. The molecule has 0 N–H and O–H groups in total. The summed E-state index contributed by atoms with van der Waals surface area (Å²) >= 11 is -0.0182. The predicted octanol–water partition coefficient (Wildman–Crippen LogP) is 4.13. The molecule has 6 atom stereocenters. The third-order valence-corrected chi connectivity index (χ3v) is 11.7. The van der Waals surface area contributed by atoms with Crippen molar-refractivity contribution in [2.45, 2.75) is 61.3 Å². The van der Waals surface area contributed by atoms with E-state index in [1.54, 1.807) is 61.3 Å². The Morgan fingerprint density at radius 3 is 2.24 bits per heavy atom. The fourth-order valence-electron chi connectivity index (χ4n) is 6.45. The van der Waals surface area contributed by atoms with Gasteiger partial charge >= 0.3 is 114 Å². The zero-order valence-corrected chi connectivity index (χ0v) is 14.2. The van der Waals surface area contributed by atoms with Crippen LogP contribution in [0.2, 0.25) is 9.95 Å². The maximum atomic E-state index is 1.79. The Morgan fingerprint density at radius 2 is 1.29 bits per heavy atom. The number of rotatable bonds is 0. The fourth-order valence-corrected chi connectivity index (χ4v) is 12.4. The van der Waals surface area contributed by atoms with Crippen LogP contribution in [0.1, 0.15) is 51.4 Å². The molecule has 0 aromatic heterocycles. The van der Waals surface area contributed by atoms with Crippen molar-refractivity contribution in [2.75, 3.05) is 0 Å². The van der Waals surface area contributed by atoms with Gasteiger partial charge in [-0.15, -0.1) is 0 Å². The minimum atomic E-state index is -0.0182. The monoisotopic (exact) mass is 288 g/mol. The molecule has 0 radical (unpaired) electrons. The van der Waals surface area contributed by atoms with Gasteiger partial charge in [0, 0.05) is 0 Å². The van der Waals surface area contributed by atoms with Gasteiger partial charge in [-0.1, -0.05) is 0 Å². The van der Waals surface area contributed by atoms with Gasteiger partial charge in [0.25, 0.3) is 0 Å². The van der Waals surface area contributed by atoms with E-state index in [9.17, 15) is 0 Å². The van der Waals surface area contributed by atoms with Gasteiger partial charge in [-0.05, 0) is 0 Å². The van der Waals surface area contributed by atoms with Crippen molar-refractivity contribution >= 4 is 17.4 Å². The van der Waals surface area contributed by atoms with Crippen LogP contribution in [0, 0.1) is 35.5 Å². The van der Waals surface area contributed by atoms with Gasteiger partial charge < -0.3 is 0 Å². The van der Waals surface area contributed by atoms with Crippen molar-refractivity contribution in [3.63, 3.8) is 0 Å². The summed E-state index contributed by atoms with van der Waals surface area (Å²) in [6, 6.07) is 0. The average molecular weight is 289 g/mol. The summed E-state index contributed by atoms with van der Waals surface area (Å²) < 4.78 is 0. The molecule has 94 valence electrons. The molecule has 0 aromatic carbocycles. The van der Waals surface area contributed by atoms with Crippen LogP contribution in [-0.4, -0.2) is 17.4 Å². The molecule has 1 heterocycles. The van der Waals surface area contributed by atoms with E-state index in [0.29, 0.717) is 0 Å². The van der Waals surface area contributed by atoms with E-state index < -0.39 is 0 Å². The molecule has 0 bridgehead atoms. The molecule has 1 heteroatoms. The molecular formula is C16H27Ga. The summed E-state index contributed by atoms with van der Waals surface area (Å²) in [4.78, 5) is 3.56. The van der Waals surface area contributed by atoms with Crippen LogP contribution >= 0.6 is 0 Å². The molecule has 1 aliphatic heterocycles. The van der Waals surface area contributed by atoms with Crippen LogP contribution in [0.5, 0.6) is 0 Å². The molecule has 1 saturated heterocycles. The molecule has 0 spiro atoms. The molecule has 3 saturated carbocycles. The Balaban J connectivity index is 1.56. The zero-order valence-electron chi connectivity index (χ0n) is 11.2. The second kappa shape index (κ2) is 4.63. The van der Waals surface area contributed by atoms with Gasteiger partial charge in [0.15, 0.2) is 0 Å². The Bertz CT molecular complexity index is 287. The Hall–Kier alpha value is 0.636. The van der Waals surface area contributed by atoms with Crippen LogP contribution in [0.15, 0.2) is 0 Å². The first-order chi connectivity index (χ1) is 8.43. The third kappa shape index (κ3) is 1.87. The van der Waals surface area contributed by atoms with Crippen molar-refractivity contribution in [1.29, 1.82) is 0 Å². The number of hydrogen-bond donors (Lipinski definition) is 0. The zero-order chi connectivity index (χ0) is 11.2. The van der Waals surface area contributed by atoms with Gasteiger partial charge in [0.2, 0.25) is 0 Å². The van der Waals surface area contributed by atoms with Crippen molar-refractivity contribution in [2.24, 2.45) is 35.5 Å². The van der Waals surface area contributed by atoms with E-state index in [4.69, 9.17) is 0 Å². The van der Waals surface area contributed by atoms with E-state index in [0.717, 1.165) is 0 Å². The summed E-state index contributed by atoms with van der Waals surface area (Å²) in [5.41, 5.74) is 0. The Kier molecular flexibility index (Phi) is 3.12. The first kappa shape index (κ1) is 11.5. The average Bonchev–Trinajstić information content (AvgIpc) is 2.86. The molecule has 4 aliphatic rings. The van der Waals surface area contributed by atoms with E-state index in [1.165, 1.54) is 35.5 Å². The van der Waals surface area contributed by atoms with Crippen molar-refractivity contribution < 1.29 is 0 Å². The predicted molar refractivity (Wildman–Crippen MR) is 74.6 cm³/mol. The van der Waals surface area contributed by atoms with E-state index in [-0.39, 0.29) is 17.4 Å². The van der Waals surface area contributed by atoms with Crippen LogP contribution in [0.4, 0.5) is 0 Å².